The van der Waals surface area contributed by atoms with E-state index in [1.54, 1.807) is 37.6 Å². The van der Waals surface area contributed by atoms with Crippen molar-refractivity contribution >= 4 is 5.97 Å². The fourth-order valence-electron chi connectivity index (χ4n) is 2.62. The molecule has 0 atom stereocenters. The van der Waals surface area contributed by atoms with E-state index in [1.807, 2.05) is 12.1 Å². The predicted molar refractivity (Wildman–Crippen MR) is 104 cm³/mol. The molecule has 0 fully saturated rings. The van der Waals surface area contributed by atoms with E-state index in [1.165, 1.54) is 24.6 Å². The Labute approximate surface area is 159 Å². The van der Waals surface area contributed by atoms with Crippen LogP contribution in [0.25, 0.3) is 11.3 Å². The van der Waals surface area contributed by atoms with Crippen molar-refractivity contribution in [1.29, 1.82) is 0 Å². The van der Waals surface area contributed by atoms with Gasteiger partial charge < -0.3 is 9.47 Å². The average Bonchev–Trinajstić information content (AvgIpc) is 2.73. The quantitative estimate of drug-likeness (QED) is 0.570. The van der Waals surface area contributed by atoms with Gasteiger partial charge in [-0.2, -0.15) is 0 Å². The van der Waals surface area contributed by atoms with Crippen LogP contribution in [0.1, 0.15) is 35.7 Å². The zero-order valence-electron chi connectivity index (χ0n) is 15.5. The number of hydrogen-bond acceptors (Lipinski definition) is 5. The summed E-state index contributed by atoms with van der Waals surface area (Å²) in [6.45, 7) is 2.19. The first-order valence-electron chi connectivity index (χ1n) is 8.97. The number of carbonyl (C=O) groups excluding carboxylic acids is 1. The fourth-order valence-corrected chi connectivity index (χ4v) is 2.62. The normalized spacial score (nSPS) is 10.4. The van der Waals surface area contributed by atoms with Gasteiger partial charge in [0.15, 0.2) is 0 Å². The first kappa shape index (κ1) is 18.6. The molecular formula is C22H22N2O3. The van der Waals surface area contributed by atoms with Crippen molar-refractivity contribution in [2.75, 3.05) is 7.11 Å². The number of nitrogens with zero attached hydrogens (tertiary/aromatic N) is 2. The monoisotopic (exact) mass is 362 g/mol. The van der Waals surface area contributed by atoms with E-state index in [0.29, 0.717) is 11.3 Å². The average molecular weight is 362 g/mol. The number of benzene rings is 2. The predicted octanol–water partition coefficient (Wildman–Crippen LogP) is 4.71. The Morgan fingerprint density at radius 2 is 1.70 bits per heavy atom. The van der Waals surface area contributed by atoms with Gasteiger partial charge in [-0.15, -0.1) is 0 Å². The molecule has 0 bridgehead atoms. The number of ether oxygens (including phenoxy) is 2. The molecule has 1 aromatic heterocycles. The Balaban J connectivity index is 1.65. The third-order valence-corrected chi connectivity index (χ3v) is 4.22. The van der Waals surface area contributed by atoms with Crippen LogP contribution < -0.4 is 9.47 Å². The van der Waals surface area contributed by atoms with E-state index >= 15 is 0 Å². The molecule has 0 spiro atoms. The molecule has 0 amide bonds. The first-order valence-corrected chi connectivity index (χ1v) is 8.97. The van der Waals surface area contributed by atoms with Crippen molar-refractivity contribution in [3.8, 4) is 22.9 Å². The van der Waals surface area contributed by atoms with Crippen molar-refractivity contribution < 1.29 is 14.3 Å². The van der Waals surface area contributed by atoms with Gasteiger partial charge >= 0.3 is 5.97 Å². The largest absolute Gasteiger partial charge is 0.497 e. The number of aromatic nitrogens is 2. The van der Waals surface area contributed by atoms with Crippen LogP contribution in [-0.4, -0.2) is 23.0 Å². The molecule has 3 rings (SSSR count). The molecule has 0 saturated carbocycles. The van der Waals surface area contributed by atoms with Crippen LogP contribution >= 0.6 is 0 Å². The molecule has 0 radical (unpaired) electrons. The lowest BCUT2D eigenvalue weighted by Gasteiger charge is -2.06. The maximum absolute atomic E-state index is 12.2. The van der Waals surface area contributed by atoms with Crippen molar-refractivity contribution in [2.45, 2.75) is 26.2 Å². The van der Waals surface area contributed by atoms with Gasteiger partial charge in [-0.25, -0.2) is 14.8 Å². The summed E-state index contributed by atoms with van der Waals surface area (Å²) < 4.78 is 10.3. The molecule has 0 aliphatic heterocycles. The number of esters is 1. The van der Waals surface area contributed by atoms with Crippen molar-refractivity contribution in [3.63, 3.8) is 0 Å². The molecule has 5 heteroatoms. The number of unbranched alkanes of at least 4 members (excludes halogenated alkanes) is 1. The minimum atomic E-state index is -0.486. The van der Waals surface area contributed by atoms with Crippen molar-refractivity contribution in [2.24, 2.45) is 0 Å². The highest BCUT2D eigenvalue weighted by atomic mass is 16.5. The highest BCUT2D eigenvalue weighted by Gasteiger charge is 2.10. The molecule has 2 aromatic carbocycles. The molecular weight excluding hydrogens is 340 g/mol. The maximum Gasteiger partial charge on any atom is 0.344 e. The second-order valence-electron chi connectivity index (χ2n) is 6.16. The number of methoxy groups -OCH3 is 1. The van der Waals surface area contributed by atoms with Gasteiger partial charge in [0.2, 0.25) is 5.88 Å². The van der Waals surface area contributed by atoms with Gasteiger partial charge in [-0.05, 0) is 42.7 Å². The summed E-state index contributed by atoms with van der Waals surface area (Å²) in [5.74, 6) is 0.357. The van der Waals surface area contributed by atoms with Gasteiger partial charge in [-0.3, -0.25) is 0 Å². The van der Waals surface area contributed by atoms with E-state index in [4.69, 9.17) is 9.47 Å². The molecule has 0 aliphatic rings. The van der Waals surface area contributed by atoms with Crippen molar-refractivity contribution in [1.82, 2.24) is 9.97 Å². The van der Waals surface area contributed by atoms with E-state index in [0.717, 1.165) is 17.7 Å². The molecule has 0 aliphatic carbocycles. The minimum absolute atomic E-state index is 0.166. The molecule has 0 unspecified atom stereocenters. The molecule has 3 aromatic rings. The van der Waals surface area contributed by atoms with Crippen LogP contribution in [0.2, 0.25) is 0 Å². The lowest BCUT2D eigenvalue weighted by Crippen LogP contribution is -2.09. The molecule has 0 N–H and O–H groups in total. The van der Waals surface area contributed by atoms with Crippen LogP contribution in [0, 0.1) is 0 Å². The zero-order valence-corrected chi connectivity index (χ0v) is 15.5. The molecule has 5 nitrogen and oxygen atoms in total. The Hall–Kier alpha value is -3.21. The molecule has 0 saturated heterocycles. The highest BCUT2D eigenvalue weighted by molar-refractivity contribution is 5.90. The summed E-state index contributed by atoms with van der Waals surface area (Å²) in [5, 5.41) is 0. The van der Waals surface area contributed by atoms with Crippen molar-refractivity contribution in [3.05, 3.63) is 72.1 Å². The molecule has 27 heavy (non-hydrogen) atoms. The number of rotatable bonds is 7. The molecule has 138 valence electrons. The number of carbonyl (C=O) groups is 1. The van der Waals surface area contributed by atoms with Gasteiger partial charge in [0.1, 0.15) is 5.75 Å². The Morgan fingerprint density at radius 1 is 0.963 bits per heavy atom. The van der Waals surface area contributed by atoms with E-state index in [2.05, 4.69) is 29.0 Å². The number of aryl methyl sites for hydroxylation is 1. The summed E-state index contributed by atoms with van der Waals surface area (Å²) in [7, 11) is 1.57. The smallest absolute Gasteiger partial charge is 0.344 e. The van der Waals surface area contributed by atoms with Gasteiger partial charge in [0, 0.05) is 5.56 Å². The standard InChI is InChI=1S/C22H22N2O3/c1-3-4-5-16-6-8-17(9-7-16)20-14-24-21(15-23-20)27-22(25)18-10-12-19(26-2)13-11-18/h6-15H,3-5H2,1-2H3. The second kappa shape index (κ2) is 8.94. The Kier molecular flexibility index (Phi) is 6.15. The van der Waals surface area contributed by atoms with E-state index < -0.39 is 5.97 Å². The van der Waals surface area contributed by atoms with E-state index in [9.17, 15) is 4.79 Å². The lowest BCUT2D eigenvalue weighted by atomic mass is 10.1. The summed E-state index contributed by atoms with van der Waals surface area (Å²) in [6, 6.07) is 15.0. The maximum atomic E-state index is 12.2. The van der Waals surface area contributed by atoms with Crippen LogP contribution in [0.4, 0.5) is 0 Å². The first-order chi connectivity index (χ1) is 13.2. The lowest BCUT2D eigenvalue weighted by molar-refractivity contribution is 0.0727. The van der Waals surface area contributed by atoms with E-state index in [-0.39, 0.29) is 5.88 Å². The summed E-state index contributed by atoms with van der Waals surface area (Å²) in [5.41, 5.74) is 3.46. The Morgan fingerprint density at radius 3 is 2.30 bits per heavy atom. The highest BCUT2D eigenvalue weighted by Crippen LogP contribution is 2.19. The van der Waals surface area contributed by atoms with Crippen LogP contribution in [0.15, 0.2) is 60.9 Å². The third kappa shape index (κ3) is 4.91. The molecule has 1 heterocycles. The summed E-state index contributed by atoms with van der Waals surface area (Å²) in [4.78, 5) is 20.7. The Bertz CT molecular complexity index is 873. The van der Waals surface area contributed by atoms with Gasteiger partial charge in [0.05, 0.1) is 30.8 Å². The van der Waals surface area contributed by atoms with Crippen LogP contribution in [0.3, 0.4) is 0 Å². The number of hydrogen-bond donors (Lipinski definition) is 0. The minimum Gasteiger partial charge on any atom is -0.497 e. The van der Waals surface area contributed by atoms with Crippen LogP contribution in [0.5, 0.6) is 11.6 Å². The third-order valence-electron chi connectivity index (χ3n) is 4.22. The van der Waals surface area contributed by atoms with Crippen LogP contribution in [-0.2, 0) is 6.42 Å². The zero-order chi connectivity index (χ0) is 19.1. The second-order valence-corrected chi connectivity index (χ2v) is 6.16. The topological polar surface area (TPSA) is 61.3 Å². The summed E-state index contributed by atoms with van der Waals surface area (Å²) in [6.07, 6.45) is 6.53. The van der Waals surface area contributed by atoms with Gasteiger partial charge in [0.25, 0.3) is 0 Å². The summed E-state index contributed by atoms with van der Waals surface area (Å²) >= 11 is 0. The fraction of sp³-hybridized carbons (Fsp3) is 0.227. The van der Waals surface area contributed by atoms with Gasteiger partial charge in [-0.1, -0.05) is 37.6 Å². The SMILES string of the molecule is CCCCc1ccc(-c2cnc(OC(=O)c3ccc(OC)cc3)cn2)cc1.